The van der Waals surface area contributed by atoms with E-state index in [0.717, 1.165) is 72.2 Å². The summed E-state index contributed by atoms with van der Waals surface area (Å²) in [6.45, 7) is 4.63. The maximum absolute atomic E-state index is 11.7. The number of aryl methyl sites for hydroxylation is 3. The molecule has 33 heavy (non-hydrogen) atoms. The largest absolute Gasteiger partial charge is 0.352 e. The zero-order valence-corrected chi connectivity index (χ0v) is 19.1. The summed E-state index contributed by atoms with van der Waals surface area (Å²) in [4.78, 5) is 30.6. The van der Waals surface area contributed by atoms with Gasteiger partial charge in [0.25, 0.3) is 0 Å². The van der Waals surface area contributed by atoms with Gasteiger partial charge in [-0.05, 0) is 12.1 Å². The molecule has 2 aromatic carbocycles. The monoisotopic (exact) mass is 440 g/mol. The molecule has 1 fully saturated rings. The van der Waals surface area contributed by atoms with Gasteiger partial charge in [0.2, 0.25) is 5.91 Å². The minimum atomic E-state index is 0.132. The summed E-state index contributed by atoms with van der Waals surface area (Å²) in [5.41, 5.74) is 3.06. The van der Waals surface area contributed by atoms with Crippen molar-refractivity contribution in [3.05, 3.63) is 72.4 Å². The van der Waals surface area contributed by atoms with Gasteiger partial charge in [-0.15, -0.1) is 0 Å². The first-order valence-electron chi connectivity index (χ1n) is 11.4. The topological polar surface area (TPSA) is 67.2 Å². The number of benzene rings is 2. The molecule has 7 heteroatoms. The minimum Gasteiger partial charge on any atom is -0.352 e. The molecule has 7 nitrogen and oxygen atoms in total. The third-order valence-corrected chi connectivity index (χ3v) is 6.27. The van der Waals surface area contributed by atoms with Crippen LogP contribution in [0.25, 0.3) is 22.2 Å². The fourth-order valence-electron chi connectivity index (χ4n) is 4.40. The van der Waals surface area contributed by atoms with Gasteiger partial charge in [0.05, 0.1) is 11.2 Å². The maximum Gasteiger partial charge on any atom is 0.219 e. The fourth-order valence-corrected chi connectivity index (χ4v) is 4.40. The average molecular weight is 441 g/mol. The standard InChI is InChI=1S/C26H28N6O/c1-19(33)31-14-16-32(17-15-31)26-21-10-6-7-11-22(21)27-24(29-26)12-13-25-28-23(18-30(25)2)20-8-4-3-5-9-20/h3-11,18H,12-17H2,1-2H3. The van der Waals surface area contributed by atoms with E-state index in [9.17, 15) is 4.79 Å². The number of amides is 1. The first-order valence-corrected chi connectivity index (χ1v) is 11.4. The zero-order valence-electron chi connectivity index (χ0n) is 19.1. The zero-order chi connectivity index (χ0) is 22.8. The van der Waals surface area contributed by atoms with Crippen LogP contribution >= 0.6 is 0 Å². The van der Waals surface area contributed by atoms with Crippen molar-refractivity contribution in [2.45, 2.75) is 19.8 Å². The van der Waals surface area contributed by atoms with Crippen LogP contribution in [0.5, 0.6) is 0 Å². The average Bonchev–Trinajstić information content (AvgIpc) is 3.23. The Labute approximate surface area is 193 Å². The van der Waals surface area contributed by atoms with E-state index in [2.05, 4.69) is 33.9 Å². The predicted octanol–water partition coefficient (Wildman–Crippen LogP) is 3.48. The number of fused-ring (bicyclic) bond motifs is 1. The van der Waals surface area contributed by atoms with Gasteiger partial charge in [0.15, 0.2) is 0 Å². The normalized spacial score (nSPS) is 14.1. The summed E-state index contributed by atoms with van der Waals surface area (Å²) in [7, 11) is 2.04. The predicted molar refractivity (Wildman–Crippen MR) is 130 cm³/mol. The number of para-hydroxylation sites is 1. The summed E-state index contributed by atoms with van der Waals surface area (Å²) in [6.07, 6.45) is 3.55. The van der Waals surface area contributed by atoms with Crippen LogP contribution in [0.15, 0.2) is 60.8 Å². The number of piperazine rings is 1. The molecule has 3 heterocycles. The molecule has 1 aliphatic heterocycles. The van der Waals surface area contributed by atoms with Gasteiger partial charge in [0, 0.05) is 70.1 Å². The molecule has 4 aromatic rings. The molecule has 168 valence electrons. The highest BCUT2D eigenvalue weighted by Gasteiger charge is 2.22. The lowest BCUT2D eigenvalue weighted by Crippen LogP contribution is -2.48. The molecule has 0 spiro atoms. The van der Waals surface area contributed by atoms with Crippen molar-refractivity contribution in [1.82, 2.24) is 24.4 Å². The van der Waals surface area contributed by atoms with Gasteiger partial charge < -0.3 is 14.4 Å². The molecule has 0 radical (unpaired) electrons. The van der Waals surface area contributed by atoms with Crippen LogP contribution < -0.4 is 4.90 Å². The van der Waals surface area contributed by atoms with Crippen molar-refractivity contribution in [3.8, 4) is 11.3 Å². The molecule has 0 N–H and O–H groups in total. The van der Waals surface area contributed by atoms with Crippen LogP contribution in [-0.4, -0.2) is 56.5 Å². The summed E-state index contributed by atoms with van der Waals surface area (Å²) in [5.74, 6) is 2.93. The highest BCUT2D eigenvalue weighted by Crippen LogP contribution is 2.25. The second-order valence-corrected chi connectivity index (χ2v) is 8.49. The lowest BCUT2D eigenvalue weighted by molar-refractivity contribution is -0.129. The third-order valence-electron chi connectivity index (χ3n) is 6.27. The summed E-state index contributed by atoms with van der Waals surface area (Å²) < 4.78 is 2.09. The summed E-state index contributed by atoms with van der Waals surface area (Å²) >= 11 is 0. The molecule has 1 saturated heterocycles. The second-order valence-electron chi connectivity index (χ2n) is 8.49. The van der Waals surface area contributed by atoms with E-state index < -0.39 is 0 Å². The maximum atomic E-state index is 11.7. The van der Waals surface area contributed by atoms with Crippen LogP contribution in [0, 0.1) is 0 Å². The number of imidazole rings is 1. The fraction of sp³-hybridized carbons (Fsp3) is 0.308. The number of carbonyl (C=O) groups is 1. The second kappa shape index (κ2) is 9.02. The van der Waals surface area contributed by atoms with Crippen LogP contribution in [0.3, 0.4) is 0 Å². The van der Waals surface area contributed by atoms with E-state index in [4.69, 9.17) is 15.0 Å². The van der Waals surface area contributed by atoms with Crippen molar-refractivity contribution < 1.29 is 4.79 Å². The summed E-state index contributed by atoms with van der Waals surface area (Å²) in [6, 6.07) is 18.4. The van der Waals surface area contributed by atoms with Crippen LogP contribution in [-0.2, 0) is 24.7 Å². The molecule has 1 aliphatic rings. The first-order chi connectivity index (χ1) is 16.1. The first kappa shape index (κ1) is 21.1. The highest BCUT2D eigenvalue weighted by atomic mass is 16.2. The number of nitrogens with zero attached hydrogens (tertiary/aromatic N) is 6. The Morgan fingerprint density at radius 1 is 0.879 bits per heavy atom. The van der Waals surface area contributed by atoms with E-state index in [1.54, 1.807) is 6.92 Å². The molecule has 2 aromatic heterocycles. The van der Waals surface area contributed by atoms with E-state index in [1.165, 1.54) is 0 Å². The SMILES string of the molecule is CC(=O)N1CCN(c2nc(CCc3nc(-c4ccccc4)cn3C)nc3ccccc23)CC1. The Morgan fingerprint density at radius 3 is 2.36 bits per heavy atom. The Bertz CT molecular complexity index is 1270. The number of carbonyl (C=O) groups excluding carboxylic acids is 1. The van der Waals surface area contributed by atoms with E-state index in [-0.39, 0.29) is 5.91 Å². The minimum absolute atomic E-state index is 0.132. The quantitative estimate of drug-likeness (QED) is 0.475. The van der Waals surface area contributed by atoms with E-state index in [1.807, 2.05) is 48.3 Å². The Morgan fingerprint density at radius 2 is 1.61 bits per heavy atom. The van der Waals surface area contributed by atoms with Gasteiger partial charge in [-0.1, -0.05) is 42.5 Å². The molecule has 0 aliphatic carbocycles. The van der Waals surface area contributed by atoms with E-state index in [0.29, 0.717) is 6.42 Å². The van der Waals surface area contributed by atoms with E-state index >= 15 is 0 Å². The number of hydrogen-bond acceptors (Lipinski definition) is 5. The molecule has 1 amide bonds. The van der Waals surface area contributed by atoms with Gasteiger partial charge in [0.1, 0.15) is 17.5 Å². The van der Waals surface area contributed by atoms with Crippen LogP contribution in [0.1, 0.15) is 18.6 Å². The van der Waals surface area contributed by atoms with Gasteiger partial charge in [-0.25, -0.2) is 15.0 Å². The van der Waals surface area contributed by atoms with Gasteiger partial charge >= 0.3 is 0 Å². The molecule has 0 bridgehead atoms. The number of rotatable bonds is 5. The van der Waals surface area contributed by atoms with Crippen molar-refractivity contribution >= 4 is 22.6 Å². The van der Waals surface area contributed by atoms with Gasteiger partial charge in [-0.3, -0.25) is 4.79 Å². The lowest BCUT2D eigenvalue weighted by Gasteiger charge is -2.35. The number of anilines is 1. The smallest absolute Gasteiger partial charge is 0.219 e. The Hall–Kier alpha value is -3.74. The number of aromatic nitrogens is 4. The molecular weight excluding hydrogens is 412 g/mol. The summed E-state index contributed by atoms with van der Waals surface area (Å²) in [5, 5.41) is 1.06. The molecule has 5 rings (SSSR count). The molecule has 0 atom stereocenters. The van der Waals surface area contributed by atoms with Crippen molar-refractivity contribution in [2.24, 2.45) is 7.05 Å². The lowest BCUT2D eigenvalue weighted by atomic mass is 10.2. The Balaban J connectivity index is 1.38. The van der Waals surface area contributed by atoms with Crippen LogP contribution in [0.2, 0.25) is 0 Å². The molecular formula is C26H28N6O. The van der Waals surface area contributed by atoms with Crippen molar-refractivity contribution in [2.75, 3.05) is 31.1 Å². The molecule has 0 unspecified atom stereocenters. The Kier molecular flexibility index (Phi) is 5.77. The third kappa shape index (κ3) is 4.44. The number of hydrogen-bond donors (Lipinski definition) is 0. The van der Waals surface area contributed by atoms with Crippen LogP contribution in [0.4, 0.5) is 5.82 Å². The highest BCUT2D eigenvalue weighted by molar-refractivity contribution is 5.89. The van der Waals surface area contributed by atoms with Crippen molar-refractivity contribution in [3.63, 3.8) is 0 Å². The molecule has 0 saturated carbocycles. The van der Waals surface area contributed by atoms with Crippen molar-refractivity contribution in [1.29, 1.82) is 0 Å². The van der Waals surface area contributed by atoms with Gasteiger partial charge in [-0.2, -0.15) is 0 Å².